The number of aromatic nitrogens is 6. The van der Waals surface area contributed by atoms with E-state index in [1.54, 1.807) is 24.7 Å². The van der Waals surface area contributed by atoms with Crippen molar-refractivity contribution >= 4 is 11.9 Å². The summed E-state index contributed by atoms with van der Waals surface area (Å²) in [6.45, 7) is 4.40. The molecular weight excluding hydrogens is 344 g/mol. The molecule has 0 aliphatic heterocycles. The van der Waals surface area contributed by atoms with Crippen molar-refractivity contribution in [3.05, 3.63) is 60.3 Å². The van der Waals surface area contributed by atoms with Gasteiger partial charge in [0.2, 0.25) is 0 Å². The van der Waals surface area contributed by atoms with Crippen LogP contribution >= 0.6 is 0 Å². The fraction of sp³-hybridized carbons (Fsp3) is 0.211. The topological polar surface area (TPSA) is 87.2 Å². The molecule has 4 aromatic rings. The highest BCUT2D eigenvalue weighted by Gasteiger charge is 2.15. The first-order valence-electron chi connectivity index (χ1n) is 8.57. The van der Waals surface area contributed by atoms with Crippen molar-refractivity contribution in [3.63, 3.8) is 0 Å². The average molecular weight is 362 g/mol. The first-order valence-corrected chi connectivity index (χ1v) is 8.57. The van der Waals surface area contributed by atoms with Crippen LogP contribution in [0.25, 0.3) is 17.0 Å². The number of fused-ring (bicyclic) bond motifs is 1. The van der Waals surface area contributed by atoms with E-state index in [2.05, 4.69) is 34.0 Å². The number of carbonyl (C=O) groups is 1. The van der Waals surface area contributed by atoms with Crippen LogP contribution in [-0.2, 0) is 6.61 Å². The first kappa shape index (κ1) is 16.9. The van der Waals surface area contributed by atoms with Crippen molar-refractivity contribution < 1.29 is 9.53 Å². The predicted molar refractivity (Wildman–Crippen MR) is 98.5 cm³/mol. The van der Waals surface area contributed by atoms with Crippen LogP contribution in [0, 0.1) is 0 Å². The molecule has 4 heterocycles. The summed E-state index contributed by atoms with van der Waals surface area (Å²) in [4.78, 5) is 20.2. The van der Waals surface area contributed by atoms with Gasteiger partial charge in [-0.3, -0.25) is 14.5 Å². The van der Waals surface area contributed by atoms with Gasteiger partial charge in [0.15, 0.2) is 11.9 Å². The molecule has 0 aliphatic rings. The number of hydrogen-bond acceptors (Lipinski definition) is 6. The molecule has 0 unspecified atom stereocenters. The Kier molecular flexibility index (Phi) is 4.37. The van der Waals surface area contributed by atoms with Crippen molar-refractivity contribution in [2.45, 2.75) is 26.5 Å². The smallest absolute Gasteiger partial charge is 0.169 e. The average Bonchev–Trinajstić information content (AvgIpc) is 3.35. The number of carbonyl (C=O) groups excluding carboxylic acids is 1. The predicted octanol–water partition coefficient (Wildman–Crippen LogP) is 2.96. The summed E-state index contributed by atoms with van der Waals surface area (Å²) in [5, 5.41) is 8.41. The Bertz CT molecular complexity index is 1100. The molecule has 0 aromatic carbocycles. The molecule has 0 amide bonds. The summed E-state index contributed by atoms with van der Waals surface area (Å²) in [6.07, 6.45) is 7.35. The number of nitrogens with zero attached hydrogens (tertiary/aromatic N) is 6. The van der Waals surface area contributed by atoms with Crippen LogP contribution in [0.15, 0.2) is 49.2 Å². The second-order valence-electron chi connectivity index (χ2n) is 6.29. The van der Waals surface area contributed by atoms with Crippen LogP contribution in [0.2, 0.25) is 0 Å². The summed E-state index contributed by atoms with van der Waals surface area (Å²) in [5.74, 6) is 0.456. The summed E-state index contributed by atoms with van der Waals surface area (Å²) in [7, 11) is 0. The molecule has 8 nitrogen and oxygen atoms in total. The molecule has 27 heavy (non-hydrogen) atoms. The molecule has 0 fully saturated rings. The van der Waals surface area contributed by atoms with Gasteiger partial charge < -0.3 is 4.74 Å². The number of rotatable bonds is 6. The Morgan fingerprint density at radius 3 is 2.85 bits per heavy atom. The summed E-state index contributed by atoms with van der Waals surface area (Å²) < 4.78 is 9.41. The van der Waals surface area contributed by atoms with Gasteiger partial charge in [0.05, 0.1) is 11.4 Å². The van der Waals surface area contributed by atoms with Crippen molar-refractivity contribution in [1.29, 1.82) is 0 Å². The fourth-order valence-corrected chi connectivity index (χ4v) is 2.98. The van der Waals surface area contributed by atoms with Crippen LogP contribution < -0.4 is 4.74 Å². The molecule has 4 rings (SSSR count). The Labute approximate surface area is 155 Å². The molecule has 0 bridgehead atoms. The van der Waals surface area contributed by atoms with Gasteiger partial charge >= 0.3 is 0 Å². The van der Waals surface area contributed by atoms with Crippen molar-refractivity contribution in [1.82, 2.24) is 29.4 Å². The number of ether oxygens (including phenoxy) is 1. The lowest BCUT2D eigenvalue weighted by molar-refractivity contribution is 0.112. The first-order chi connectivity index (χ1) is 13.2. The number of aldehydes is 1. The summed E-state index contributed by atoms with van der Waals surface area (Å²) >= 11 is 0. The van der Waals surface area contributed by atoms with E-state index in [0.29, 0.717) is 17.0 Å². The van der Waals surface area contributed by atoms with Crippen molar-refractivity contribution in [2.75, 3.05) is 0 Å². The Morgan fingerprint density at radius 2 is 2.04 bits per heavy atom. The molecule has 0 spiro atoms. The third-order valence-corrected chi connectivity index (χ3v) is 4.24. The zero-order valence-corrected chi connectivity index (χ0v) is 15.0. The molecule has 0 aliphatic carbocycles. The van der Waals surface area contributed by atoms with Crippen LogP contribution in [0.1, 0.15) is 35.8 Å². The third-order valence-electron chi connectivity index (χ3n) is 4.24. The molecule has 8 heteroatoms. The minimum absolute atomic E-state index is 0.211. The normalized spacial score (nSPS) is 11.2. The lowest BCUT2D eigenvalue weighted by atomic mass is 10.1. The largest absolute Gasteiger partial charge is 0.488 e. The molecule has 0 N–H and O–H groups in total. The maximum absolute atomic E-state index is 11.5. The van der Waals surface area contributed by atoms with Crippen LogP contribution in [0.4, 0.5) is 0 Å². The zero-order valence-electron chi connectivity index (χ0n) is 15.0. The highest BCUT2D eigenvalue weighted by molar-refractivity contribution is 5.87. The maximum Gasteiger partial charge on any atom is 0.169 e. The number of hydrogen-bond donors (Lipinski definition) is 0. The van der Waals surface area contributed by atoms with Gasteiger partial charge in [0, 0.05) is 30.2 Å². The van der Waals surface area contributed by atoms with E-state index in [4.69, 9.17) is 4.74 Å². The van der Waals surface area contributed by atoms with Gasteiger partial charge in [-0.05, 0) is 32.0 Å². The highest BCUT2D eigenvalue weighted by Crippen LogP contribution is 2.26. The molecule has 0 saturated heterocycles. The van der Waals surface area contributed by atoms with E-state index in [1.165, 1.54) is 10.8 Å². The van der Waals surface area contributed by atoms with E-state index < -0.39 is 0 Å². The Hall–Kier alpha value is -3.55. The van der Waals surface area contributed by atoms with E-state index in [1.807, 2.05) is 22.9 Å². The monoisotopic (exact) mass is 362 g/mol. The van der Waals surface area contributed by atoms with E-state index in [-0.39, 0.29) is 12.6 Å². The van der Waals surface area contributed by atoms with E-state index in [0.717, 1.165) is 23.2 Å². The Morgan fingerprint density at radius 1 is 1.15 bits per heavy atom. The lowest BCUT2D eigenvalue weighted by Crippen LogP contribution is -2.08. The van der Waals surface area contributed by atoms with E-state index >= 15 is 0 Å². The van der Waals surface area contributed by atoms with Gasteiger partial charge in [0.25, 0.3) is 0 Å². The van der Waals surface area contributed by atoms with Gasteiger partial charge in [-0.25, -0.2) is 9.50 Å². The standard InChI is InChI=1S/C19H18N6O2/c1-13(2)25-16(5-8-22-25)18-14(4-3-7-20-18)11-27-17-6-9-24-19(15(17)10-26)21-12-23-24/h3-10,12-13H,11H2,1-2H3. The molecular formula is C19H18N6O2. The quantitative estimate of drug-likeness (QED) is 0.490. The second-order valence-corrected chi connectivity index (χ2v) is 6.29. The summed E-state index contributed by atoms with van der Waals surface area (Å²) in [5.41, 5.74) is 3.46. The van der Waals surface area contributed by atoms with Crippen molar-refractivity contribution in [2.24, 2.45) is 0 Å². The minimum atomic E-state index is 0.211. The number of pyridine rings is 2. The van der Waals surface area contributed by atoms with Crippen LogP contribution in [-0.4, -0.2) is 35.6 Å². The minimum Gasteiger partial charge on any atom is -0.488 e. The Balaban J connectivity index is 1.67. The highest BCUT2D eigenvalue weighted by atomic mass is 16.5. The molecule has 0 saturated carbocycles. The zero-order chi connectivity index (χ0) is 18.8. The second kappa shape index (κ2) is 6.99. The summed E-state index contributed by atoms with van der Waals surface area (Å²) in [6, 6.07) is 7.67. The molecule has 4 aromatic heterocycles. The van der Waals surface area contributed by atoms with E-state index in [9.17, 15) is 4.79 Å². The van der Waals surface area contributed by atoms with Crippen LogP contribution in [0.3, 0.4) is 0 Å². The molecule has 136 valence electrons. The third kappa shape index (κ3) is 3.05. The van der Waals surface area contributed by atoms with Gasteiger partial charge in [-0.1, -0.05) is 6.07 Å². The van der Waals surface area contributed by atoms with Crippen LogP contribution in [0.5, 0.6) is 5.75 Å². The van der Waals surface area contributed by atoms with Crippen molar-refractivity contribution in [3.8, 4) is 17.1 Å². The van der Waals surface area contributed by atoms with Gasteiger partial charge in [-0.15, -0.1) is 0 Å². The van der Waals surface area contributed by atoms with Gasteiger partial charge in [0.1, 0.15) is 24.2 Å². The molecule has 0 radical (unpaired) electrons. The maximum atomic E-state index is 11.5. The van der Waals surface area contributed by atoms with Gasteiger partial charge in [-0.2, -0.15) is 10.2 Å². The SMILES string of the molecule is CC(C)n1nccc1-c1ncccc1COc1ccn2ncnc2c1C=O. The lowest BCUT2D eigenvalue weighted by Gasteiger charge is -2.14. The fourth-order valence-electron chi connectivity index (χ4n) is 2.98. The molecule has 0 atom stereocenters.